The second kappa shape index (κ2) is 8.25. The van der Waals surface area contributed by atoms with Gasteiger partial charge in [-0.25, -0.2) is 13.4 Å². The fourth-order valence-corrected chi connectivity index (χ4v) is 8.08. The lowest BCUT2D eigenvalue weighted by molar-refractivity contribution is -0.135. The number of ether oxygens (including phenoxy) is 1. The van der Waals surface area contributed by atoms with E-state index in [-0.39, 0.29) is 34.7 Å². The number of fused-ring (bicyclic) bond motifs is 1. The number of amides is 1. The van der Waals surface area contributed by atoms with Crippen LogP contribution in [0.25, 0.3) is 0 Å². The van der Waals surface area contributed by atoms with Gasteiger partial charge in [0.25, 0.3) is 0 Å². The summed E-state index contributed by atoms with van der Waals surface area (Å²) in [4.78, 5) is 14.9. The molecule has 0 bridgehead atoms. The Hall–Kier alpha value is -0.710. The number of hydrogen-bond donors (Lipinski definition) is 1. The molecule has 5 aliphatic rings. The minimum atomic E-state index is -3.32. The topological polar surface area (TPSA) is 82.2 Å². The highest BCUT2D eigenvalue weighted by Crippen LogP contribution is 2.39. The van der Waals surface area contributed by atoms with Gasteiger partial charge >= 0.3 is 0 Å². The van der Waals surface area contributed by atoms with Crippen LogP contribution in [0.4, 0.5) is 0 Å². The van der Waals surface area contributed by atoms with Gasteiger partial charge in [0.1, 0.15) is 6.04 Å². The van der Waals surface area contributed by atoms with Crippen molar-refractivity contribution < 1.29 is 17.9 Å². The SMILES string of the molecule is CC1NN(C(C)C(=O)N2CC3=C(C2)CN(S(=O)(=O)C2CCC4OCCC4C2)C3)CC1Cl. The molecule has 8 nitrogen and oxygen atoms in total. The average molecular weight is 473 g/mol. The molecule has 174 valence electrons. The number of carbonyl (C=O) groups is 1. The second-order valence-electron chi connectivity index (χ2n) is 9.87. The third-order valence-corrected chi connectivity index (χ3v) is 10.6. The van der Waals surface area contributed by atoms with Crippen LogP contribution in [0.1, 0.15) is 39.5 Å². The number of nitrogens with one attached hydrogen (secondary N) is 1. The monoisotopic (exact) mass is 472 g/mol. The molecule has 0 radical (unpaired) electrons. The maximum atomic E-state index is 13.3. The van der Waals surface area contributed by atoms with Crippen LogP contribution in [0.15, 0.2) is 11.1 Å². The molecule has 1 N–H and O–H groups in total. The van der Waals surface area contributed by atoms with Crippen LogP contribution in [0.3, 0.4) is 0 Å². The first-order chi connectivity index (χ1) is 14.7. The molecule has 1 aliphatic carbocycles. The van der Waals surface area contributed by atoms with Gasteiger partial charge in [-0.1, -0.05) is 0 Å². The Morgan fingerprint density at radius 1 is 1.16 bits per heavy atom. The fourth-order valence-electron chi connectivity index (χ4n) is 5.86. The average Bonchev–Trinajstić information content (AvgIpc) is 3.49. The molecular weight excluding hydrogens is 440 g/mol. The largest absolute Gasteiger partial charge is 0.378 e. The zero-order valence-electron chi connectivity index (χ0n) is 18.3. The number of halogens is 1. The van der Waals surface area contributed by atoms with E-state index in [2.05, 4.69) is 5.43 Å². The first kappa shape index (κ1) is 22.1. The van der Waals surface area contributed by atoms with E-state index in [1.807, 2.05) is 23.8 Å². The lowest BCUT2D eigenvalue weighted by Gasteiger charge is -2.33. The summed E-state index contributed by atoms with van der Waals surface area (Å²) in [6.07, 6.45) is 3.50. The van der Waals surface area contributed by atoms with Crippen molar-refractivity contribution in [2.45, 2.75) is 68.3 Å². The molecule has 0 aromatic heterocycles. The number of hydrazine groups is 1. The second-order valence-corrected chi connectivity index (χ2v) is 12.6. The predicted molar refractivity (Wildman–Crippen MR) is 118 cm³/mol. The number of carbonyl (C=O) groups excluding carboxylic acids is 1. The Morgan fingerprint density at radius 2 is 1.87 bits per heavy atom. The summed E-state index contributed by atoms with van der Waals surface area (Å²) < 4.78 is 34.0. The van der Waals surface area contributed by atoms with E-state index >= 15 is 0 Å². The van der Waals surface area contributed by atoms with Gasteiger partial charge in [-0.3, -0.25) is 10.2 Å². The van der Waals surface area contributed by atoms with Crippen LogP contribution in [-0.4, -0.2) is 96.7 Å². The Labute approximate surface area is 189 Å². The summed E-state index contributed by atoms with van der Waals surface area (Å²) in [5.74, 6) is 0.453. The molecule has 0 spiro atoms. The van der Waals surface area contributed by atoms with Crippen molar-refractivity contribution in [3.63, 3.8) is 0 Å². The number of hydrogen-bond acceptors (Lipinski definition) is 6. The van der Waals surface area contributed by atoms with Crippen molar-refractivity contribution in [2.75, 3.05) is 39.3 Å². The molecule has 6 atom stereocenters. The molecule has 2 saturated heterocycles. The van der Waals surface area contributed by atoms with E-state index < -0.39 is 10.0 Å². The van der Waals surface area contributed by atoms with E-state index in [0.29, 0.717) is 45.1 Å². The van der Waals surface area contributed by atoms with Crippen molar-refractivity contribution in [3.8, 4) is 0 Å². The smallest absolute Gasteiger partial charge is 0.241 e. The van der Waals surface area contributed by atoms with E-state index in [0.717, 1.165) is 37.0 Å². The van der Waals surface area contributed by atoms with Crippen molar-refractivity contribution in [2.24, 2.45) is 5.92 Å². The number of alkyl halides is 1. The standard InChI is InChI=1S/C21H33ClN4O4S/c1-13-19(22)12-26(23-13)14(2)21(27)24-8-16-10-25(11-17(16)9-24)31(28,29)18-3-4-20-15(7-18)5-6-30-20/h13-15,18-20,23H,3-12H2,1-2H3. The molecule has 5 rings (SSSR count). The molecular formula is C21H33ClN4O4S. The summed E-state index contributed by atoms with van der Waals surface area (Å²) in [5.41, 5.74) is 5.48. The summed E-state index contributed by atoms with van der Waals surface area (Å²) in [6.45, 7) is 7.24. The number of sulfonamides is 1. The van der Waals surface area contributed by atoms with Gasteiger partial charge < -0.3 is 9.64 Å². The molecule has 4 heterocycles. The zero-order chi connectivity index (χ0) is 21.9. The number of rotatable bonds is 4. The fraction of sp³-hybridized carbons (Fsp3) is 0.857. The molecule has 31 heavy (non-hydrogen) atoms. The summed E-state index contributed by atoms with van der Waals surface area (Å²) >= 11 is 6.29. The first-order valence-electron chi connectivity index (χ1n) is 11.5. The first-order valence-corrected chi connectivity index (χ1v) is 13.4. The van der Waals surface area contributed by atoms with Crippen LogP contribution in [-0.2, 0) is 19.6 Å². The van der Waals surface area contributed by atoms with Crippen LogP contribution in [0.5, 0.6) is 0 Å². The molecule has 0 aromatic rings. The lowest BCUT2D eigenvalue weighted by atomic mass is 9.86. The van der Waals surface area contributed by atoms with E-state index in [1.54, 1.807) is 4.31 Å². The van der Waals surface area contributed by atoms with Gasteiger partial charge in [-0.15, -0.1) is 11.6 Å². The normalized spacial score (nSPS) is 38.0. The Morgan fingerprint density at radius 3 is 2.52 bits per heavy atom. The molecule has 10 heteroatoms. The van der Waals surface area contributed by atoms with E-state index in [9.17, 15) is 13.2 Å². The van der Waals surface area contributed by atoms with Crippen molar-refractivity contribution in [3.05, 3.63) is 11.1 Å². The van der Waals surface area contributed by atoms with E-state index in [4.69, 9.17) is 16.3 Å². The van der Waals surface area contributed by atoms with Crippen LogP contribution in [0, 0.1) is 5.92 Å². The Bertz CT molecular complexity index is 853. The minimum absolute atomic E-state index is 0.0124. The van der Waals surface area contributed by atoms with Crippen LogP contribution >= 0.6 is 11.6 Å². The van der Waals surface area contributed by atoms with Gasteiger partial charge in [0.05, 0.1) is 16.7 Å². The van der Waals surface area contributed by atoms with Gasteiger partial charge in [0, 0.05) is 45.4 Å². The highest BCUT2D eigenvalue weighted by Gasteiger charge is 2.45. The molecule has 6 unspecified atom stereocenters. The van der Waals surface area contributed by atoms with E-state index in [1.165, 1.54) is 0 Å². The molecule has 1 amide bonds. The third kappa shape index (κ3) is 3.95. The minimum Gasteiger partial charge on any atom is -0.378 e. The lowest BCUT2D eigenvalue weighted by Crippen LogP contribution is -2.51. The molecule has 1 saturated carbocycles. The highest BCUT2D eigenvalue weighted by atomic mass is 35.5. The van der Waals surface area contributed by atoms with Gasteiger partial charge in [0.15, 0.2) is 0 Å². The van der Waals surface area contributed by atoms with Gasteiger partial charge in [-0.05, 0) is 56.6 Å². The highest BCUT2D eigenvalue weighted by molar-refractivity contribution is 7.89. The van der Waals surface area contributed by atoms with Crippen LogP contribution in [0.2, 0.25) is 0 Å². The maximum absolute atomic E-state index is 13.3. The molecule has 0 aromatic carbocycles. The molecule has 4 aliphatic heterocycles. The zero-order valence-corrected chi connectivity index (χ0v) is 19.9. The van der Waals surface area contributed by atoms with Crippen molar-refractivity contribution >= 4 is 27.5 Å². The van der Waals surface area contributed by atoms with Crippen molar-refractivity contribution in [1.82, 2.24) is 19.6 Å². The quantitative estimate of drug-likeness (QED) is 0.484. The Kier molecular flexibility index (Phi) is 5.88. The molecule has 3 fully saturated rings. The summed E-state index contributed by atoms with van der Waals surface area (Å²) in [6, 6.07) is -0.155. The predicted octanol–water partition coefficient (Wildman–Crippen LogP) is 0.933. The van der Waals surface area contributed by atoms with Crippen LogP contribution < -0.4 is 5.43 Å². The maximum Gasteiger partial charge on any atom is 0.241 e. The van der Waals surface area contributed by atoms with Gasteiger partial charge in [0.2, 0.25) is 15.9 Å². The summed E-state index contributed by atoms with van der Waals surface area (Å²) in [5, 5.41) is 1.62. The third-order valence-electron chi connectivity index (χ3n) is 7.88. The van der Waals surface area contributed by atoms with Gasteiger partial charge in [-0.2, -0.15) is 4.31 Å². The van der Waals surface area contributed by atoms with Crippen molar-refractivity contribution in [1.29, 1.82) is 0 Å². The summed E-state index contributed by atoms with van der Waals surface area (Å²) in [7, 11) is -3.32. The number of nitrogens with zero attached hydrogens (tertiary/aromatic N) is 3. The Balaban J connectivity index is 1.17.